The number of rotatable bonds is 4. The summed E-state index contributed by atoms with van der Waals surface area (Å²) in [6.45, 7) is 3.66. The lowest BCUT2D eigenvalue weighted by Crippen LogP contribution is -2.11. The first-order valence-electron chi connectivity index (χ1n) is 5.38. The summed E-state index contributed by atoms with van der Waals surface area (Å²) in [6, 6.07) is 3.65. The van der Waals surface area contributed by atoms with E-state index in [1.54, 1.807) is 4.68 Å². The Bertz CT molecular complexity index is 533. The van der Waals surface area contributed by atoms with Gasteiger partial charge in [-0.2, -0.15) is 0 Å². The molecule has 0 radical (unpaired) electrons. The minimum atomic E-state index is 0.658. The molecule has 0 fully saturated rings. The zero-order valence-electron chi connectivity index (χ0n) is 9.62. The van der Waals surface area contributed by atoms with E-state index in [0.29, 0.717) is 11.6 Å². The van der Waals surface area contributed by atoms with Crippen molar-refractivity contribution in [3.63, 3.8) is 0 Å². The molecule has 0 unspecified atom stereocenters. The van der Waals surface area contributed by atoms with Crippen molar-refractivity contribution >= 4 is 43.5 Å². The summed E-state index contributed by atoms with van der Waals surface area (Å²) in [5.41, 5.74) is 1.78. The van der Waals surface area contributed by atoms with E-state index >= 15 is 0 Å². The summed E-state index contributed by atoms with van der Waals surface area (Å²) < 4.78 is 3.44. The highest BCUT2D eigenvalue weighted by Crippen LogP contribution is 2.32. The molecule has 1 heterocycles. The third kappa shape index (κ3) is 3.12. The number of aromatic nitrogens is 3. The van der Waals surface area contributed by atoms with Crippen LogP contribution in [0.2, 0.25) is 5.02 Å². The van der Waals surface area contributed by atoms with Crippen molar-refractivity contribution in [1.29, 1.82) is 0 Å². The molecule has 2 rings (SSSR count). The molecule has 0 aliphatic heterocycles. The van der Waals surface area contributed by atoms with Crippen LogP contribution in [0.15, 0.2) is 27.3 Å². The van der Waals surface area contributed by atoms with E-state index in [9.17, 15) is 0 Å². The number of hydrogen-bond donors (Lipinski definition) is 1. The summed E-state index contributed by atoms with van der Waals surface area (Å²) in [4.78, 5) is 0. The number of nitrogens with one attached hydrogen (secondary N) is 1. The molecule has 0 aliphatic rings. The maximum Gasteiger partial charge on any atom is 0.0969 e. The Labute approximate surface area is 127 Å². The molecule has 1 N–H and O–H groups in total. The predicted octanol–water partition coefficient (Wildman–Crippen LogP) is 3.56. The Morgan fingerprint density at radius 2 is 2.00 bits per heavy atom. The zero-order valence-corrected chi connectivity index (χ0v) is 13.5. The lowest BCUT2D eigenvalue weighted by Gasteiger charge is -2.07. The first-order valence-corrected chi connectivity index (χ1v) is 7.35. The molecule has 0 saturated carbocycles. The van der Waals surface area contributed by atoms with Gasteiger partial charge in [0.2, 0.25) is 0 Å². The lowest BCUT2D eigenvalue weighted by atomic mass is 10.3. The van der Waals surface area contributed by atoms with Gasteiger partial charge in [-0.25, -0.2) is 4.68 Å². The highest BCUT2D eigenvalue weighted by atomic mass is 79.9. The largest absolute Gasteiger partial charge is 0.311 e. The number of nitrogens with zero attached hydrogens (tertiary/aromatic N) is 3. The monoisotopic (exact) mass is 392 g/mol. The van der Waals surface area contributed by atoms with Gasteiger partial charge in [0, 0.05) is 20.5 Å². The third-order valence-corrected chi connectivity index (χ3v) is 3.73. The Balaban J connectivity index is 2.34. The minimum Gasteiger partial charge on any atom is -0.311 e. The van der Waals surface area contributed by atoms with Gasteiger partial charge in [-0.05, 0) is 50.5 Å². The maximum atomic E-state index is 5.97. The summed E-state index contributed by atoms with van der Waals surface area (Å²) in [6.07, 6.45) is 1.89. The van der Waals surface area contributed by atoms with Crippen molar-refractivity contribution in [2.45, 2.75) is 13.5 Å². The van der Waals surface area contributed by atoms with Gasteiger partial charge in [0.05, 0.1) is 17.6 Å². The van der Waals surface area contributed by atoms with E-state index in [1.165, 1.54) is 0 Å². The molecule has 0 amide bonds. The highest BCUT2D eigenvalue weighted by molar-refractivity contribution is 9.11. The van der Waals surface area contributed by atoms with Crippen LogP contribution in [-0.4, -0.2) is 21.5 Å². The zero-order chi connectivity index (χ0) is 13.1. The standard InChI is InChI=1S/C11H11Br2ClN4/c1-2-15-5-8-6-18(17-16-8)11-9(12)3-7(14)4-10(11)13/h3-4,6,15H,2,5H2,1H3. The molecule has 0 aliphatic carbocycles. The Morgan fingerprint density at radius 1 is 1.33 bits per heavy atom. The molecule has 1 aromatic carbocycles. The SMILES string of the molecule is CCNCc1cn(-c2c(Br)cc(Cl)cc2Br)nn1. The van der Waals surface area contributed by atoms with Crippen LogP contribution in [0.4, 0.5) is 0 Å². The topological polar surface area (TPSA) is 42.7 Å². The van der Waals surface area contributed by atoms with E-state index in [-0.39, 0.29) is 0 Å². The van der Waals surface area contributed by atoms with Crippen LogP contribution >= 0.6 is 43.5 Å². The minimum absolute atomic E-state index is 0.658. The van der Waals surface area contributed by atoms with Crippen LogP contribution in [0.1, 0.15) is 12.6 Å². The normalized spacial score (nSPS) is 10.9. The van der Waals surface area contributed by atoms with Crippen LogP contribution in [0.25, 0.3) is 5.69 Å². The van der Waals surface area contributed by atoms with Crippen LogP contribution in [-0.2, 0) is 6.54 Å². The maximum absolute atomic E-state index is 5.97. The van der Waals surface area contributed by atoms with Crippen molar-refractivity contribution in [1.82, 2.24) is 20.3 Å². The van der Waals surface area contributed by atoms with Gasteiger partial charge in [-0.3, -0.25) is 0 Å². The quantitative estimate of drug-likeness (QED) is 0.862. The molecular weight excluding hydrogens is 383 g/mol. The van der Waals surface area contributed by atoms with Gasteiger partial charge in [0.25, 0.3) is 0 Å². The number of benzene rings is 1. The molecule has 4 nitrogen and oxygen atoms in total. The van der Waals surface area contributed by atoms with Gasteiger partial charge in [-0.1, -0.05) is 23.7 Å². The third-order valence-electron chi connectivity index (χ3n) is 2.31. The van der Waals surface area contributed by atoms with Gasteiger partial charge in [0.15, 0.2) is 0 Å². The van der Waals surface area contributed by atoms with Crippen LogP contribution in [0.5, 0.6) is 0 Å². The molecule has 0 atom stereocenters. The smallest absolute Gasteiger partial charge is 0.0969 e. The molecule has 0 saturated heterocycles. The summed E-state index contributed by atoms with van der Waals surface area (Å²) in [5, 5.41) is 12.1. The fourth-order valence-electron chi connectivity index (χ4n) is 1.50. The average molecular weight is 394 g/mol. The summed E-state index contributed by atoms with van der Waals surface area (Å²) >= 11 is 12.9. The van der Waals surface area contributed by atoms with Crippen LogP contribution in [0, 0.1) is 0 Å². The number of hydrogen-bond acceptors (Lipinski definition) is 3. The second-order valence-corrected chi connectivity index (χ2v) is 5.80. The van der Waals surface area contributed by atoms with Crippen LogP contribution in [0.3, 0.4) is 0 Å². The van der Waals surface area contributed by atoms with Crippen molar-refractivity contribution in [2.75, 3.05) is 6.54 Å². The lowest BCUT2D eigenvalue weighted by molar-refractivity contribution is 0.705. The van der Waals surface area contributed by atoms with Gasteiger partial charge in [-0.15, -0.1) is 5.10 Å². The molecular formula is C11H11Br2ClN4. The molecule has 2 aromatic rings. The highest BCUT2D eigenvalue weighted by Gasteiger charge is 2.11. The Kier molecular flexibility index (Phi) is 4.77. The first-order chi connectivity index (χ1) is 8.61. The molecule has 0 bridgehead atoms. The number of halogens is 3. The average Bonchev–Trinajstić information content (AvgIpc) is 2.73. The molecule has 18 heavy (non-hydrogen) atoms. The van der Waals surface area contributed by atoms with E-state index in [0.717, 1.165) is 26.9 Å². The van der Waals surface area contributed by atoms with E-state index in [2.05, 4.69) is 54.4 Å². The molecule has 96 valence electrons. The van der Waals surface area contributed by atoms with Gasteiger partial charge >= 0.3 is 0 Å². The summed E-state index contributed by atoms with van der Waals surface area (Å²) in [7, 11) is 0. The molecule has 7 heteroatoms. The van der Waals surface area contributed by atoms with E-state index in [4.69, 9.17) is 11.6 Å². The molecule has 0 spiro atoms. The van der Waals surface area contributed by atoms with E-state index in [1.807, 2.05) is 18.3 Å². The fraction of sp³-hybridized carbons (Fsp3) is 0.273. The Hall–Kier alpha value is -0.430. The second kappa shape index (κ2) is 6.14. The summed E-state index contributed by atoms with van der Waals surface area (Å²) in [5.74, 6) is 0. The van der Waals surface area contributed by atoms with Gasteiger partial charge < -0.3 is 5.32 Å². The Morgan fingerprint density at radius 3 is 2.61 bits per heavy atom. The van der Waals surface area contributed by atoms with E-state index < -0.39 is 0 Å². The first kappa shape index (κ1) is 14.0. The van der Waals surface area contributed by atoms with Crippen molar-refractivity contribution < 1.29 is 0 Å². The molecule has 1 aromatic heterocycles. The van der Waals surface area contributed by atoms with Crippen molar-refractivity contribution in [2.24, 2.45) is 0 Å². The van der Waals surface area contributed by atoms with Crippen molar-refractivity contribution in [3.05, 3.63) is 38.0 Å². The fourth-order valence-corrected chi connectivity index (χ4v) is 3.53. The predicted molar refractivity (Wildman–Crippen MR) is 79.1 cm³/mol. The van der Waals surface area contributed by atoms with Crippen molar-refractivity contribution in [3.8, 4) is 5.69 Å². The van der Waals surface area contributed by atoms with Crippen LogP contribution < -0.4 is 5.32 Å². The second-order valence-electron chi connectivity index (χ2n) is 3.65. The van der Waals surface area contributed by atoms with Gasteiger partial charge in [0.1, 0.15) is 0 Å².